The second-order valence-corrected chi connectivity index (χ2v) is 6.72. The zero-order valence-corrected chi connectivity index (χ0v) is 13.7. The van der Waals surface area contributed by atoms with Gasteiger partial charge in [0.25, 0.3) is 5.24 Å². The Hall–Kier alpha value is -0.470. The van der Waals surface area contributed by atoms with Crippen molar-refractivity contribution in [3.63, 3.8) is 0 Å². The minimum Gasteiger partial charge on any atom is -0.332 e. The van der Waals surface area contributed by atoms with Gasteiger partial charge in [-0.1, -0.05) is 23.4 Å². The van der Waals surface area contributed by atoms with Gasteiger partial charge in [-0.2, -0.15) is 0 Å². The van der Waals surface area contributed by atoms with Gasteiger partial charge in [0, 0.05) is 28.8 Å². The number of hydrogen-bond donors (Lipinski definition) is 1. The van der Waals surface area contributed by atoms with Gasteiger partial charge in [0.05, 0.1) is 10.7 Å². The van der Waals surface area contributed by atoms with E-state index >= 15 is 0 Å². The maximum absolute atomic E-state index is 11.8. The molecule has 0 bridgehead atoms. The molecule has 2 amide bonds. The number of anilines is 1. The molecule has 2 rings (SSSR count). The number of nitrogens with one attached hydrogen (secondary N) is 1. The van der Waals surface area contributed by atoms with Gasteiger partial charge in [-0.05, 0) is 40.8 Å². The summed E-state index contributed by atoms with van der Waals surface area (Å²) >= 11 is 9.49. The van der Waals surface area contributed by atoms with Gasteiger partial charge in [0.2, 0.25) is 5.91 Å². The summed E-state index contributed by atoms with van der Waals surface area (Å²) in [7, 11) is 0. The van der Waals surface area contributed by atoms with E-state index in [9.17, 15) is 9.59 Å². The van der Waals surface area contributed by atoms with Crippen LogP contribution in [-0.2, 0) is 4.79 Å². The first-order valence-corrected chi connectivity index (χ1v) is 8.17. The van der Waals surface area contributed by atoms with Gasteiger partial charge in [0.15, 0.2) is 0 Å². The van der Waals surface area contributed by atoms with Crippen molar-refractivity contribution in [2.45, 2.75) is 6.42 Å². The van der Waals surface area contributed by atoms with E-state index in [0.29, 0.717) is 17.3 Å². The summed E-state index contributed by atoms with van der Waals surface area (Å²) < 4.78 is 1.01. The summed E-state index contributed by atoms with van der Waals surface area (Å²) in [4.78, 5) is 24.9. The zero-order chi connectivity index (χ0) is 13.8. The molecule has 0 radical (unpaired) electrons. The van der Waals surface area contributed by atoms with Crippen LogP contribution in [0.2, 0.25) is 5.02 Å². The van der Waals surface area contributed by atoms with Crippen LogP contribution in [0.3, 0.4) is 0 Å². The average molecular weight is 411 g/mol. The second-order valence-electron chi connectivity index (χ2n) is 4.02. The summed E-state index contributed by atoms with van der Waals surface area (Å²) in [5.74, 6) is 0.677. The Morgan fingerprint density at radius 2 is 2.32 bits per heavy atom. The van der Waals surface area contributed by atoms with Gasteiger partial charge >= 0.3 is 0 Å². The molecule has 1 aliphatic rings. The SMILES string of the molecule is O=C(CCN1CCSC1=O)Nc1ccc(I)cc1Cl. The minimum atomic E-state index is -0.132. The first-order chi connectivity index (χ1) is 9.06. The van der Waals surface area contributed by atoms with Crippen LogP contribution < -0.4 is 5.32 Å². The highest BCUT2D eigenvalue weighted by molar-refractivity contribution is 14.1. The molecule has 0 atom stereocenters. The van der Waals surface area contributed by atoms with E-state index in [0.717, 1.165) is 15.9 Å². The molecule has 0 spiro atoms. The monoisotopic (exact) mass is 410 g/mol. The fraction of sp³-hybridized carbons (Fsp3) is 0.333. The van der Waals surface area contributed by atoms with Crippen LogP contribution >= 0.6 is 46.0 Å². The largest absolute Gasteiger partial charge is 0.332 e. The lowest BCUT2D eigenvalue weighted by Gasteiger charge is -2.14. The first kappa shape index (κ1) is 14.9. The molecule has 1 heterocycles. The molecule has 1 aliphatic heterocycles. The molecular formula is C12H12ClIN2O2S. The number of thioether (sulfide) groups is 1. The van der Waals surface area contributed by atoms with E-state index in [2.05, 4.69) is 27.9 Å². The van der Waals surface area contributed by atoms with Crippen LogP contribution in [0.5, 0.6) is 0 Å². The van der Waals surface area contributed by atoms with Crippen LogP contribution in [0.1, 0.15) is 6.42 Å². The molecule has 4 nitrogen and oxygen atoms in total. The minimum absolute atomic E-state index is 0.0556. The lowest BCUT2D eigenvalue weighted by Crippen LogP contribution is -2.27. The molecule has 19 heavy (non-hydrogen) atoms. The molecule has 1 aromatic carbocycles. The van der Waals surface area contributed by atoms with Gasteiger partial charge in [-0.25, -0.2) is 0 Å². The van der Waals surface area contributed by atoms with Crippen LogP contribution in [0, 0.1) is 3.57 Å². The highest BCUT2D eigenvalue weighted by Gasteiger charge is 2.21. The summed E-state index contributed by atoms with van der Waals surface area (Å²) in [6.45, 7) is 1.18. The third kappa shape index (κ3) is 4.25. The molecule has 1 N–H and O–H groups in total. The third-order valence-corrected chi connectivity index (χ3v) is 4.53. The topological polar surface area (TPSA) is 49.4 Å². The average Bonchev–Trinajstić information content (AvgIpc) is 2.76. The smallest absolute Gasteiger partial charge is 0.281 e. The number of carbonyl (C=O) groups excluding carboxylic acids is 2. The Bertz CT molecular complexity index is 513. The molecule has 0 unspecified atom stereocenters. The maximum Gasteiger partial charge on any atom is 0.281 e. The van der Waals surface area contributed by atoms with E-state index in [1.807, 2.05) is 6.07 Å². The van der Waals surface area contributed by atoms with Crippen molar-refractivity contribution in [2.24, 2.45) is 0 Å². The fourth-order valence-electron chi connectivity index (χ4n) is 1.67. The Labute approximate surface area is 134 Å². The number of hydrogen-bond acceptors (Lipinski definition) is 3. The van der Waals surface area contributed by atoms with E-state index in [-0.39, 0.29) is 17.6 Å². The van der Waals surface area contributed by atoms with Gasteiger partial charge < -0.3 is 10.2 Å². The van der Waals surface area contributed by atoms with Crippen molar-refractivity contribution in [3.05, 3.63) is 26.8 Å². The third-order valence-electron chi connectivity index (χ3n) is 2.66. The highest BCUT2D eigenvalue weighted by atomic mass is 127. The molecule has 1 aromatic rings. The quantitative estimate of drug-likeness (QED) is 0.774. The summed E-state index contributed by atoms with van der Waals surface area (Å²) in [5, 5.41) is 3.33. The Morgan fingerprint density at radius 1 is 1.53 bits per heavy atom. The molecule has 0 saturated carbocycles. The summed E-state index contributed by atoms with van der Waals surface area (Å²) in [5.41, 5.74) is 0.606. The van der Waals surface area contributed by atoms with E-state index in [4.69, 9.17) is 11.6 Å². The zero-order valence-electron chi connectivity index (χ0n) is 9.99. The van der Waals surface area contributed by atoms with Crippen molar-refractivity contribution in [1.82, 2.24) is 4.90 Å². The number of benzene rings is 1. The summed E-state index contributed by atoms with van der Waals surface area (Å²) in [6, 6.07) is 5.44. The van der Waals surface area contributed by atoms with Crippen LogP contribution in [0.15, 0.2) is 18.2 Å². The fourth-order valence-corrected chi connectivity index (χ4v) is 3.42. The molecule has 102 valence electrons. The summed E-state index contributed by atoms with van der Waals surface area (Å²) in [6.07, 6.45) is 0.286. The van der Waals surface area contributed by atoms with Crippen molar-refractivity contribution in [1.29, 1.82) is 0 Å². The van der Waals surface area contributed by atoms with Crippen LogP contribution in [0.25, 0.3) is 0 Å². The van der Waals surface area contributed by atoms with E-state index in [1.165, 1.54) is 11.8 Å². The van der Waals surface area contributed by atoms with Crippen molar-refractivity contribution in [2.75, 3.05) is 24.2 Å². The van der Waals surface area contributed by atoms with Gasteiger partial charge in [-0.3, -0.25) is 9.59 Å². The molecule has 1 saturated heterocycles. The first-order valence-electron chi connectivity index (χ1n) is 5.73. The number of amides is 2. The van der Waals surface area contributed by atoms with E-state index < -0.39 is 0 Å². The standard InChI is InChI=1S/C12H12ClIN2O2S/c13-9-7-8(14)1-2-10(9)15-11(17)3-4-16-5-6-19-12(16)18/h1-2,7H,3-6H2,(H,15,17). The van der Waals surface area contributed by atoms with E-state index in [1.54, 1.807) is 17.0 Å². The molecule has 7 heteroatoms. The molecule has 1 fully saturated rings. The predicted octanol–water partition coefficient (Wildman–Crippen LogP) is 3.44. The number of rotatable bonds is 4. The Morgan fingerprint density at radius 3 is 2.95 bits per heavy atom. The normalized spacial score (nSPS) is 14.8. The van der Waals surface area contributed by atoms with Gasteiger partial charge in [-0.15, -0.1) is 0 Å². The molecule has 0 aromatic heterocycles. The lowest BCUT2D eigenvalue weighted by molar-refractivity contribution is -0.116. The number of nitrogens with zero attached hydrogens (tertiary/aromatic N) is 1. The highest BCUT2D eigenvalue weighted by Crippen LogP contribution is 2.24. The van der Waals surface area contributed by atoms with Crippen molar-refractivity contribution >= 4 is 62.8 Å². The predicted molar refractivity (Wildman–Crippen MR) is 86.8 cm³/mol. The number of halogens is 2. The van der Waals surface area contributed by atoms with Crippen molar-refractivity contribution < 1.29 is 9.59 Å². The van der Waals surface area contributed by atoms with Crippen LogP contribution in [0.4, 0.5) is 10.5 Å². The second kappa shape index (κ2) is 6.81. The number of carbonyl (C=O) groups is 2. The Kier molecular flexibility index (Phi) is 5.35. The van der Waals surface area contributed by atoms with Crippen molar-refractivity contribution in [3.8, 4) is 0 Å². The Balaban J connectivity index is 1.85. The van der Waals surface area contributed by atoms with Crippen LogP contribution in [-0.4, -0.2) is 34.9 Å². The van der Waals surface area contributed by atoms with Gasteiger partial charge in [0.1, 0.15) is 0 Å². The molecular weight excluding hydrogens is 399 g/mol. The lowest BCUT2D eigenvalue weighted by atomic mass is 10.3. The molecule has 0 aliphatic carbocycles. The maximum atomic E-state index is 11.8.